The summed E-state index contributed by atoms with van der Waals surface area (Å²) in [5.41, 5.74) is 1.25. The fourth-order valence-electron chi connectivity index (χ4n) is 3.53. The van der Waals surface area contributed by atoms with Gasteiger partial charge in [-0.15, -0.1) is 0 Å². The highest BCUT2D eigenvalue weighted by Gasteiger charge is 2.25. The molecule has 0 aliphatic carbocycles. The Bertz CT molecular complexity index is 1090. The lowest BCUT2D eigenvalue weighted by atomic mass is 10.1. The third-order valence-electron chi connectivity index (χ3n) is 5.37. The van der Waals surface area contributed by atoms with E-state index in [0.717, 1.165) is 24.5 Å². The molecule has 0 atom stereocenters. The van der Waals surface area contributed by atoms with E-state index in [0.29, 0.717) is 24.3 Å². The van der Waals surface area contributed by atoms with Crippen molar-refractivity contribution in [3.05, 3.63) is 67.3 Å². The predicted molar refractivity (Wildman–Crippen MR) is 116 cm³/mol. The van der Waals surface area contributed by atoms with E-state index in [1.165, 1.54) is 18.2 Å². The van der Waals surface area contributed by atoms with Gasteiger partial charge in [0.2, 0.25) is 0 Å². The van der Waals surface area contributed by atoms with Crippen molar-refractivity contribution in [1.29, 1.82) is 0 Å². The van der Waals surface area contributed by atoms with E-state index in [2.05, 4.69) is 5.32 Å². The molecular weight excluding hydrogens is 420 g/mol. The first kappa shape index (κ1) is 22.7. The van der Waals surface area contributed by atoms with Crippen molar-refractivity contribution < 1.29 is 24.2 Å². The number of aryl methyl sites for hydroxylation is 1. The molecule has 2 aromatic carbocycles. The maximum Gasteiger partial charge on any atom is 0.341 e. The fraction of sp³-hybridized carbons (Fsp3) is 0.333. The second-order valence-electron chi connectivity index (χ2n) is 7.44. The Morgan fingerprint density at radius 1 is 1.06 bits per heavy atom. The summed E-state index contributed by atoms with van der Waals surface area (Å²) in [4.78, 5) is 48.2. The summed E-state index contributed by atoms with van der Waals surface area (Å²) in [6.07, 6.45) is 1.87. The third-order valence-corrected chi connectivity index (χ3v) is 5.37. The maximum atomic E-state index is 12.7. The molecule has 1 aliphatic rings. The van der Waals surface area contributed by atoms with Crippen LogP contribution in [0.25, 0.3) is 0 Å². The first-order valence-corrected chi connectivity index (χ1v) is 9.94. The summed E-state index contributed by atoms with van der Waals surface area (Å²) in [5.74, 6) is -1.65. The highest BCUT2D eigenvalue weighted by atomic mass is 16.6. The summed E-state index contributed by atoms with van der Waals surface area (Å²) in [5, 5.41) is 24.9. The Labute approximate surface area is 183 Å². The molecule has 1 amide bonds. The molecule has 0 spiro atoms. The summed E-state index contributed by atoms with van der Waals surface area (Å²) in [6.45, 7) is 4.08. The molecule has 0 unspecified atom stereocenters. The Kier molecular flexibility index (Phi) is 6.67. The van der Waals surface area contributed by atoms with Crippen molar-refractivity contribution in [3.8, 4) is 0 Å². The van der Waals surface area contributed by atoms with Gasteiger partial charge in [-0.1, -0.05) is 6.07 Å². The van der Waals surface area contributed by atoms with Gasteiger partial charge in [0.25, 0.3) is 17.3 Å². The number of esters is 1. The molecule has 1 aliphatic heterocycles. The van der Waals surface area contributed by atoms with Gasteiger partial charge in [-0.05, 0) is 43.9 Å². The lowest BCUT2D eigenvalue weighted by molar-refractivity contribution is -0.384. The molecule has 1 N–H and O–H groups in total. The first-order valence-electron chi connectivity index (χ1n) is 9.94. The van der Waals surface area contributed by atoms with Gasteiger partial charge >= 0.3 is 5.97 Å². The smallest absolute Gasteiger partial charge is 0.341 e. The largest absolute Gasteiger partial charge is 0.452 e. The van der Waals surface area contributed by atoms with Crippen LogP contribution in [0.5, 0.6) is 0 Å². The Hall–Kier alpha value is -4.02. The quantitative estimate of drug-likeness (QED) is 0.389. The van der Waals surface area contributed by atoms with E-state index in [9.17, 15) is 29.8 Å². The third kappa shape index (κ3) is 4.82. The van der Waals surface area contributed by atoms with Crippen molar-refractivity contribution >= 4 is 34.6 Å². The van der Waals surface area contributed by atoms with Crippen LogP contribution in [0.4, 0.5) is 22.7 Å². The number of nitrogens with one attached hydrogen (secondary N) is 1. The van der Waals surface area contributed by atoms with Crippen LogP contribution in [0.3, 0.4) is 0 Å². The molecule has 1 fully saturated rings. The molecular formula is C21H22N4O7. The Balaban J connectivity index is 1.77. The van der Waals surface area contributed by atoms with Crippen LogP contribution in [0, 0.1) is 34.1 Å². The highest BCUT2D eigenvalue weighted by molar-refractivity contribution is 6.00. The summed E-state index contributed by atoms with van der Waals surface area (Å²) in [7, 11) is 0. The Morgan fingerprint density at radius 2 is 1.75 bits per heavy atom. The van der Waals surface area contributed by atoms with Crippen molar-refractivity contribution in [2.75, 3.05) is 29.9 Å². The lowest BCUT2D eigenvalue weighted by Crippen LogP contribution is -2.24. The summed E-state index contributed by atoms with van der Waals surface area (Å²) >= 11 is 0. The van der Waals surface area contributed by atoms with Gasteiger partial charge in [-0.2, -0.15) is 0 Å². The van der Waals surface area contributed by atoms with Gasteiger partial charge in [0.1, 0.15) is 5.69 Å². The van der Waals surface area contributed by atoms with Gasteiger partial charge in [0.15, 0.2) is 6.61 Å². The van der Waals surface area contributed by atoms with Gasteiger partial charge in [-0.25, -0.2) is 4.79 Å². The van der Waals surface area contributed by atoms with Crippen LogP contribution in [-0.4, -0.2) is 41.4 Å². The van der Waals surface area contributed by atoms with Gasteiger partial charge in [-0.3, -0.25) is 25.0 Å². The topological polar surface area (TPSA) is 145 Å². The number of nitro benzene ring substituents is 2. The molecule has 32 heavy (non-hydrogen) atoms. The molecule has 11 heteroatoms. The van der Waals surface area contributed by atoms with E-state index >= 15 is 0 Å². The average molecular weight is 442 g/mol. The fourth-order valence-corrected chi connectivity index (χ4v) is 3.53. The molecule has 2 aromatic rings. The van der Waals surface area contributed by atoms with Crippen molar-refractivity contribution in [2.45, 2.75) is 26.7 Å². The number of amides is 1. The number of non-ortho nitro benzene ring substituents is 1. The number of benzene rings is 2. The minimum Gasteiger partial charge on any atom is -0.452 e. The zero-order valence-electron chi connectivity index (χ0n) is 17.6. The van der Waals surface area contributed by atoms with Crippen LogP contribution in [-0.2, 0) is 9.53 Å². The zero-order valence-corrected chi connectivity index (χ0v) is 17.6. The van der Waals surface area contributed by atoms with E-state index in [1.54, 1.807) is 19.9 Å². The minimum atomic E-state index is -0.888. The number of hydrogen-bond donors (Lipinski definition) is 1. The molecule has 0 radical (unpaired) electrons. The van der Waals surface area contributed by atoms with Gasteiger partial charge < -0.3 is 15.0 Å². The number of anilines is 2. The molecule has 168 valence electrons. The lowest BCUT2D eigenvalue weighted by Gasteiger charge is -2.20. The Morgan fingerprint density at radius 3 is 2.38 bits per heavy atom. The summed E-state index contributed by atoms with van der Waals surface area (Å²) in [6, 6.07) is 6.81. The number of hydrogen-bond acceptors (Lipinski definition) is 8. The van der Waals surface area contributed by atoms with E-state index in [4.69, 9.17) is 4.74 Å². The van der Waals surface area contributed by atoms with Crippen LogP contribution >= 0.6 is 0 Å². The number of rotatable bonds is 7. The van der Waals surface area contributed by atoms with Crippen LogP contribution in [0.15, 0.2) is 30.3 Å². The molecule has 1 heterocycles. The van der Waals surface area contributed by atoms with E-state index in [1.807, 2.05) is 4.90 Å². The first-order chi connectivity index (χ1) is 15.2. The van der Waals surface area contributed by atoms with E-state index in [-0.39, 0.29) is 22.6 Å². The molecule has 11 nitrogen and oxygen atoms in total. The maximum absolute atomic E-state index is 12.7. The van der Waals surface area contributed by atoms with Crippen molar-refractivity contribution in [2.24, 2.45) is 0 Å². The normalized spacial score (nSPS) is 13.0. The standard InChI is InChI=1S/C21H22N4O7/c1-13-5-7-18(25(30)31)20(14(13)2)22-19(26)12-32-21(27)16-11-15(24(28)29)6-8-17(16)23-9-3-4-10-23/h5-8,11H,3-4,9-10,12H2,1-2H3,(H,22,26). The second-order valence-corrected chi connectivity index (χ2v) is 7.44. The zero-order chi connectivity index (χ0) is 23.4. The summed E-state index contributed by atoms with van der Waals surface area (Å²) < 4.78 is 5.10. The number of nitro groups is 2. The second kappa shape index (κ2) is 9.41. The van der Waals surface area contributed by atoms with Crippen molar-refractivity contribution in [3.63, 3.8) is 0 Å². The number of carbonyl (C=O) groups is 2. The molecule has 3 rings (SSSR count). The molecule has 1 saturated heterocycles. The number of nitrogens with zero attached hydrogens (tertiary/aromatic N) is 3. The molecule has 0 aromatic heterocycles. The van der Waals surface area contributed by atoms with Gasteiger partial charge in [0, 0.05) is 31.3 Å². The SMILES string of the molecule is Cc1ccc([N+](=O)[O-])c(NC(=O)COC(=O)c2cc([N+](=O)[O-])ccc2N2CCCC2)c1C. The highest BCUT2D eigenvalue weighted by Crippen LogP contribution is 2.31. The van der Waals surface area contributed by atoms with E-state index < -0.39 is 28.3 Å². The molecule has 0 saturated carbocycles. The number of carbonyl (C=O) groups excluding carboxylic acids is 2. The number of ether oxygens (including phenoxy) is 1. The van der Waals surface area contributed by atoms with Crippen LogP contribution in [0.1, 0.15) is 34.3 Å². The predicted octanol–water partition coefficient (Wildman–Crippen LogP) is 3.52. The van der Waals surface area contributed by atoms with Crippen LogP contribution in [0.2, 0.25) is 0 Å². The van der Waals surface area contributed by atoms with Crippen LogP contribution < -0.4 is 10.2 Å². The minimum absolute atomic E-state index is 0.00776. The monoisotopic (exact) mass is 442 g/mol. The molecule has 0 bridgehead atoms. The average Bonchev–Trinajstić information content (AvgIpc) is 3.29. The van der Waals surface area contributed by atoms with Gasteiger partial charge in [0.05, 0.1) is 21.1 Å². The van der Waals surface area contributed by atoms with Crippen molar-refractivity contribution in [1.82, 2.24) is 0 Å².